The van der Waals surface area contributed by atoms with Gasteiger partial charge in [0, 0.05) is 0 Å². The Bertz CT molecular complexity index is 441. The van der Waals surface area contributed by atoms with Gasteiger partial charge in [-0.05, 0) is 13.8 Å². The molecule has 1 rings (SSSR count). The lowest BCUT2D eigenvalue weighted by Gasteiger charge is -2.13. The van der Waals surface area contributed by atoms with Crippen molar-refractivity contribution in [2.75, 3.05) is 18.9 Å². The zero-order valence-electron chi connectivity index (χ0n) is 8.97. The van der Waals surface area contributed by atoms with Crippen LogP contribution < -0.4 is 11.2 Å². The first-order valence-electron chi connectivity index (χ1n) is 4.64. The first kappa shape index (κ1) is 12.7. The fourth-order valence-electron chi connectivity index (χ4n) is 1.09. The molecule has 1 aromatic heterocycles. The maximum atomic E-state index is 12.2. The predicted molar refractivity (Wildman–Crippen MR) is 56.1 cm³/mol. The molecule has 0 aromatic carbocycles. The molecule has 2 N–H and O–H groups in total. The van der Waals surface area contributed by atoms with Crippen molar-refractivity contribution in [1.82, 2.24) is 5.16 Å². The van der Waals surface area contributed by atoms with Gasteiger partial charge >= 0.3 is 7.60 Å². The molecule has 16 heavy (non-hydrogen) atoms. The number of nitrogen functional groups attached to an aromatic ring is 1. The lowest BCUT2D eigenvalue weighted by molar-refractivity contribution is 0.228. The molecule has 0 spiro atoms. The van der Waals surface area contributed by atoms with Crippen molar-refractivity contribution in [3.63, 3.8) is 0 Å². The van der Waals surface area contributed by atoms with Crippen molar-refractivity contribution in [2.24, 2.45) is 0 Å². The van der Waals surface area contributed by atoms with E-state index in [0.29, 0.717) is 0 Å². The number of nitriles is 1. The van der Waals surface area contributed by atoms with Crippen molar-refractivity contribution in [3.05, 3.63) is 5.56 Å². The third kappa shape index (κ3) is 2.25. The number of aromatic nitrogens is 1. The summed E-state index contributed by atoms with van der Waals surface area (Å²) in [6, 6.07) is 1.75. The van der Waals surface area contributed by atoms with Gasteiger partial charge < -0.3 is 19.3 Å². The van der Waals surface area contributed by atoms with Crippen LogP contribution in [0, 0.1) is 11.3 Å². The molecular weight excluding hydrogens is 233 g/mol. The van der Waals surface area contributed by atoms with Crippen LogP contribution in [-0.2, 0) is 13.6 Å². The molecule has 0 aliphatic carbocycles. The minimum Gasteiger partial charge on any atom is -0.366 e. The molecule has 88 valence electrons. The Balaban J connectivity index is 3.22. The Hall–Kier alpha value is -1.35. The first-order valence-corrected chi connectivity index (χ1v) is 6.18. The van der Waals surface area contributed by atoms with Crippen molar-refractivity contribution in [2.45, 2.75) is 13.8 Å². The van der Waals surface area contributed by atoms with E-state index in [1.165, 1.54) is 0 Å². The minimum atomic E-state index is -3.61. The highest BCUT2D eigenvalue weighted by Crippen LogP contribution is 2.47. The summed E-state index contributed by atoms with van der Waals surface area (Å²) in [6.07, 6.45) is 0. The van der Waals surface area contributed by atoms with Gasteiger partial charge in [0.15, 0.2) is 5.56 Å². The maximum Gasteiger partial charge on any atom is 0.384 e. The van der Waals surface area contributed by atoms with Gasteiger partial charge in [0.2, 0.25) is 11.3 Å². The highest BCUT2D eigenvalue weighted by Gasteiger charge is 2.35. The summed E-state index contributed by atoms with van der Waals surface area (Å²) < 4.78 is 26.9. The van der Waals surface area contributed by atoms with Gasteiger partial charge in [-0.3, -0.25) is 4.57 Å². The average Bonchev–Trinajstić information content (AvgIpc) is 2.60. The Morgan fingerprint density at radius 2 is 2.06 bits per heavy atom. The Kier molecular flexibility index (Phi) is 4.07. The number of hydrogen-bond donors (Lipinski definition) is 1. The van der Waals surface area contributed by atoms with Crippen LogP contribution >= 0.6 is 7.60 Å². The van der Waals surface area contributed by atoms with Gasteiger partial charge in [-0.1, -0.05) is 5.16 Å². The maximum absolute atomic E-state index is 12.2. The zero-order valence-corrected chi connectivity index (χ0v) is 9.86. The summed E-state index contributed by atoms with van der Waals surface area (Å²) in [7, 11) is -3.61. The minimum absolute atomic E-state index is 0.106. The van der Waals surface area contributed by atoms with Crippen molar-refractivity contribution in [3.8, 4) is 6.07 Å². The summed E-state index contributed by atoms with van der Waals surface area (Å²) in [6.45, 7) is 3.63. The SMILES string of the molecule is CCOP(=O)(OCC)c1noc(N)c1C#N. The van der Waals surface area contributed by atoms with Crippen LogP contribution in [0.1, 0.15) is 19.4 Å². The largest absolute Gasteiger partial charge is 0.384 e. The third-order valence-electron chi connectivity index (χ3n) is 1.67. The fraction of sp³-hybridized carbons (Fsp3) is 0.500. The molecule has 7 nitrogen and oxygen atoms in total. The molecule has 0 unspecified atom stereocenters. The van der Waals surface area contributed by atoms with Gasteiger partial charge in [0.25, 0.3) is 0 Å². The monoisotopic (exact) mass is 245 g/mol. The van der Waals surface area contributed by atoms with E-state index in [1.807, 2.05) is 0 Å². The van der Waals surface area contributed by atoms with E-state index in [1.54, 1.807) is 19.9 Å². The van der Waals surface area contributed by atoms with E-state index in [4.69, 9.17) is 20.0 Å². The number of nitrogens with zero attached hydrogens (tertiary/aromatic N) is 2. The van der Waals surface area contributed by atoms with E-state index in [2.05, 4.69) is 9.68 Å². The molecule has 0 radical (unpaired) electrons. The number of rotatable bonds is 5. The van der Waals surface area contributed by atoms with Gasteiger partial charge in [-0.2, -0.15) is 5.26 Å². The Morgan fingerprint density at radius 3 is 2.50 bits per heavy atom. The molecule has 0 amide bonds. The Morgan fingerprint density at radius 1 is 1.50 bits per heavy atom. The van der Waals surface area contributed by atoms with Gasteiger partial charge in [0.1, 0.15) is 6.07 Å². The topological polar surface area (TPSA) is 111 Å². The van der Waals surface area contributed by atoms with Crippen LogP contribution in [0.5, 0.6) is 0 Å². The second kappa shape index (κ2) is 5.12. The van der Waals surface area contributed by atoms with E-state index in [9.17, 15) is 4.57 Å². The van der Waals surface area contributed by atoms with Crippen LogP contribution in [0.3, 0.4) is 0 Å². The molecule has 0 aliphatic heterocycles. The van der Waals surface area contributed by atoms with Crippen molar-refractivity contribution >= 4 is 18.9 Å². The molecule has 8 heteroatoms. The molecule has 1 aromatic rings. The molecule has 0 fully saturated rings. The highest BCUT2D eigenvalue weighted by atomic mass is 31.2. The van der Waals surface area contributed by atoms with Gasteiger partial charge in [-0.15, -0.1) is 0 Å². The van der Waals surface area contributed by atoms with Crippen LogP contribution in [0.2, 0.25) is 0 Å². The third-order valence-corrected chi connectivity index (χ3v) is 3.69. The highest BCUT2D eigenvalue weighted by molar-refractivity contribution is 7.62. The molecule has 0 atom stereocenters. The van der Waals surface area contributed by atoms with E-state index in [-0.39, 0.29) is 30.1 Å². The standard InChI is InChI=1S/C8H12N3O4P/c1-3-13-16(12,14-4-2)8-6(5-9)7(10)15-11-8/h3-4,10H2,1-2H3. The lowest BCUT2D eigenvalue weighted by Crippen LogP contribution is -2.14. The summed E-state index contributed by atoms with van der Waals surface area (Å²) in [5.74, 6) is -0.197. The molecular formula is C8H12N3O4P. The van der Waals surface area contributed by atoms with E-state index >= 15 is 0 Å². The molecule has 0 bridgehead atoms. The quantitative estimate of drug-likeness (QED) is 0.770. The zero-order chi connectivity index (χ0) is 12.2. The molecule has 0 aliphatic rings. The predicted octanol–water partition coefficient (Wildman–Crippen LogP) is 1.02. The fourth-order valence-corrected chi connectivity index (χ4v) is 2.66. The normalized spacial score (nSPS) is 11.3. The second-order valence-corrected chi connectivity index (χ2v) is 4.63. The van der Waals surface area contributed by atoms with Crippen molar-refractivity contribution in [1.29, 1.82) is 5.26 Å². The average molecular weight is 245 g/mol. The summed E-state index contributed by atoms with van der Waals surface area (Å²) in [4.78, 5) is 0. The van der Waals surface area contributed by atoms with Crippen LogP contribution in [-0.4, -0.2) is 18.4 Å². The van der Waals surface area contributed by atoms with Crippen LogP contribution in [0.25, 0.3) is 0 Å². The summed E-state index contributed by atoms with van der Waals surface area (Å²) >= 11 is 0. The molecule has 1 heterocycles. The number of anilines is 1. The number of hydrogen-bond acceptors (Lipinski definition) is 7. The van der Waals surface area contributed by atoms with Gasteiger partial charge in [0.05, 0.1) is 13.2 Å². The lowest BCUT2D eigenvalue weighted by atomic mass is 10.4. The van der Waals surface area contributed by atoms with Crippen molar-refractivity contribution < 1.29 is 18.1 Å². The van der Waals surface area contributed by atoms with Crippen LogP contribution in [0.15, 0.2) is 4.52 Å². The molecule has 0 saturated heterocycles. The molecule has 0 saturated carbocycles. The second-order valence-electron chi connectivity index (χ2n) is 2.69. The first-order chi connectivity index (χ1) is 7.59. The Labute approximate surface area is 92.6 Å². The summed E-state index contributed by atoms with van der Waals surface area (Å²) in [5.41, 5.74) is 5.08. The number of nitrogens with two attached hydrogens (primary N) is 1. The van der Waals surface area contributed by atoms with E-state index < -0.39 is 7.60 Å². The summed E-state index contributed by atoms with van der Waals surface area (Å²) in [5, 5.41) is 12.3. The van der Waals surface area contributed by atoms with E-state index in [0.717, 1.165) is 0 Å². The van der Waals surface area contributed by atoms with Gasteiger partial charge in [-0.25, -0.2) is 0 Å². The van der Waals surface area contributed by atoms with Crippen LogP contribution in [0.4, 0.5) is 5.88 Å². The smallest absolute Gasteiger partial charge is 0.366 e.